The summed E-state index contributed by atoms with van der Waals surface area (Å²) in [6.07, 6.45) is 0. The maximum absolute atomic E-state index is 15.0. The van der Waals surface area contributed by atoms with Crippen molar-refractivity contribution >= 4 is 73.9 Å². The molecule has 0 aromatic heterocycles. The molecule has 0 bridgehead atoms. The second-order valence-corrected chi connectivity index (χ2v) is 9.97. The molecule has 2 amide bonds. The molecule has 33 heavy (non-hydrogen) atoms. The van der Waals surface area contributed by atoms with Gasteiger partial charge in [-0.3, -0.25) is 9.59 Å². The molecule has 4 rings (SSSR count). The molecule has 4 nitrogen and oxygen atoms in total. The molecule has 1 fully saturated rings. The number of anilines is 2. The van der Waals surface area contributed by atoms with Crippen LogP contribution in [-0.2, 0) is 4.79 Å². The highest BCUT2D eigenvalue weighted by atomic mass is 79.9. The number of nitrogens with one attached hydrogen (secondary N) is 2. The van der Waals surface area contributed by atoms with Crippen molar-refractivity contribution in [3.05, 3.63) is 92.7 Å². The van der Waals surface area contributed by atoms with Gasteiger partial charge in [0, 0.05) is 27.3 Å². The third-order valence-electron chi connectivity index (χ3n) is 5.16. The van der Waals surface area contributed by atoms with Crippen molar-refractivity contribution in [3.8, 4) is 0 Å². The van der Waals surface area contributed by atoms with Gasteiger partial charge in [-0.1, -0.05) is 34.8 Å². The molecule has 10 heteroatoms. The largest absolute Gasteiger partial charge is 0.326 e. The molecular formula is C23H14BrCl3F2N2O2. The van der Waals surface area contributed by atoms with E-state index in [0.29, 0.717) is 21.3 Å². The average molecular weight is 575 g/mol. The van der Waals surface area contributed by atoms with Gasteiger partial charge in [-0.2, -0.15) is 0 Å². The number of rotatable bonds is 5. The van der Waals surface area contributed by atoms with Crippen LogP contribution in [0.15, 0.2) is 60.7 Å². The first kappa shape index (κ1) is 24.0. The van der Waals surface area contributed by atoms with Crippen molar-refractivity contribution < 1.29 is 18.4 Å². The van der Waals surface area contributed by atoms with E-state index in [4.69, 9.17) is 34.8 Å². The molecule has 1 aliphatic carbocycles. The van der Waals surface area contributed by atoms with Crippen molar-refractivity contribution in [2.45, 2.75) is 10.5 Å². The van der Waals surface area contributed by atoms with Crippen LogP contribution in [0, 0.1) is 11.7 Å². The number of hydrogen-bond acceptors (Lipinski definition) is 2. The monoisotopic (exact) mass is 572 g/mol. The van der Waals surface area contributed by atoms with Crippen LogP contribution >= 0.6 is 50.7 Å². The lowest BCUT2D eigenvalue weighted by molar-refractivity contribution is -0.117. The van der Waals surface area contributed by atoms with Gasteiger partial charge in [-0.05, 0) is 82.2 Å². The lowest BCUT2D eigenvalue weighted by Crippen LogP contribution is -2.18. The highest BCUT2D eigenvalue weighted by Crippen LogP contribution is 2.65. The summed E-state index contributed by atoms with van der Waals surface area (Å²) in [5, 5.41) is 6.03. The highest BCUT2D eigenvalue weighted by molar-refractivity contribution is 9.10. The molecule has 170 valence electrons. The number of carbonyl (C=O) groups excluding carboxylic acids is 2. The van der Waals surface area contributed by atoms with E-state index in [1.54, 1.807) is 12.1 Å². The number of halogens is 6. The Morgan fingerprint density at radius 3 is 2.12 bits per heavy atom. The standard InChI is InChI=1S/C23H14BrCl3F2N2O2/c24-23(29)19(11-7-12(25)9-13(26)8-11)20(23)22(33)31-16-5-6-18(27)17(10-16)21(32)30-15-3-1-14(28)2-4-15/h1-10,19-20H,(H,30,32)(H,31,33). The molecule has 2 N–H and O–H groups in total. The molecular weight excluding hydrogens is 561 g/mol. The molecule has 3 atom stereocenters. The SMILES string of the molecule is O=C(Nc1ccc(F)cc1)c1cc(NC(=O)C2C(c3cc(Cl)cc(Cl)c3)C2(F)Br)ccc1Cl. The van der Waals surface area contributed by atoms with Gasteiger partial charge in [-0.25, -0.2) is 8.78 Å². The van der Waals surface area contributed by atoms with Gasteiger partial charge in [0.25, 0.3) is 5.91 Å². The van der Waals surface area contributed by atoms with Gasteiger partial charge in [0.1, 0.15) is 5.82 Å². The maximum atomic E-state index is 15.0. The van der Waals surface area contributed by atoms with E-state index in [1.165, 1.54) is 48.5 Å². The van der Waals surface area contributed by atoms with E-state index >= 15 is 4.39 Å². The van der Waals surface area contributed by atoms with E-state index in [1.807, 2.05) is 0 Å². The summed E-state index contributed by atoms with van der Waals surface area (Å²) in [5.41, 5.74) is 1.20. The fraction of sp³-hybridized carbons (Fsp3) is 0.130. The predicted molar refractivity (Wildman–Crippen MR) is 130 cm³/mol. The van der Waals surface area contributed by atoms with Crippen molar-refractivity contribution in [3.63, 3.8) is 0 Å². The maximum Gasteiger partial charge on any atom is 0.257 e. The molecule has 3 aromatic rings. The zero-order valence-electron chi connectivity index (χ0n) is 16.5. The lowest BCUT2D eigenvalue weighted by atomic mass is 10.1. The fourth-order valence-corrected chi connectivity index (χ4v) is 5.17. The van der Waals surface area contributed by atoms with Crippen LogP contribution in [0.3, 0.4) is 0 Å². The Labute approximate surface area is 211 Å². The Kier molecular flexibility index (Phi) is 6.69. The normalized spacial score (nSPS) is 21.4. The summed E-state index contributed by atoms with van der Waals surface area (Å²) >= 11 is 21.1. The second-order valence-electron chi connectivity index (χ2n) is 7.48. The Morgan fingerprint density at radius 1 is 0.879 bits per heavy atom. The minimum Gasteiger partial charge on any atom is -0.326 e. The van der Waals surface area contributed by atoms with Gasteiger partial charge in [0.15, 0.2) is 4.58 Å². The van der Waals surface area contributed by atoms with E-state index in [9.17, 15) is 14.0 Å². The molecule has 3 unspecified atom stereocenters. The van der Waals surface area contributed by atoms with Gasteiger partial charge >= 0.3 is 0 Å². The number of carbonyl (C=O) groups is 2. The van der Waals surface area contributed by atoms with Crippen molar-refractivity contribution in [1.29, 1.82) is 0 Å². The van der Waals surface area contributed by atoms with Gasteiger partial charge in [0.05, 0.1) is 16.5 Å². The van der Waals surface area contributed by atoms with Crippen LogP contribution < -0.4 is 10.6 Å². The summed E-state index contributed by atoms with van der Waals surface area (Å²) < 4.78 is 26.1. The summed E-state index contributed by atoms with van der Waals surface area (Å²) in [7, 11) is 0. The first-order chi connectivity index (χ1) is 15.6. The smallest absolute Gasteiger partial charge is 0.257 e. The van der Waals surface area contributed by atoms with Crippen molar-refractivity contribution in [1.82, 2.24) is 0 Å². The van der Waals surface area contributed by atoms with Gasteiger partial charge in [0.2, 0.25) is 5.91 Å². The number of alkyl halides is 2. The summed E-state index contributed by atoms with van der Waals surface area (Å²) in [4.78, 5) is 25.4. The van der Waals surface area contributed by atoms with Crippen LogP contribution in [0.4, 0.5) is 20.2 Å². The first-order valence-electron chi connectivity index (χ1n) is 9.57. The summed E-state index contributed by atoms with van der Waals surface area (Å²) in [5.74, 6) is -3.42. The van der Waals surface area contributed by atoms with Crippen LogP contribution in [0.2, 0.25) is 15.1 Å². The van der Waals surface area contributed by atoms with Crippen molar-refractivity contribution in [2.75, 3.05) is 10.6 Å². The Balaban J connectivity index is 1.50. The molecule has 0 aliphatic heterocycles. The number of amides is 2. The molecule has 0 heterocycles. The van der Waals surface area contributed by atoms with Crippen LogP contribution in [0.1, 0.15) is 21.8 Å². The minimum absolute atomic E-state index is 0.0816. The van der Waals surface area contributed by atoms with E-state index < -0.39 is 34.0 Å². The lowest BCUT2D eigenvalue weighted by Gasteiger charge is -2.10. The fourth-order valence-electron chi connectivity index (χ4n) is 3.55. The van der Waals surface area contributed by atoms with Crippen LogP contribution in [0.25, 0.3) is 0 Å². The van der Waals surface area contributed by atoms with Gasteiger partial charge < -0.3 is 10.6 Å². The van der Waals surface area contributed by atoms with E-state index in [-0.39, 0.29) is 16.3 Å². The molecule has 0 radical (unpaired) electrons. The number of benzene rings is 3. The second kappa shape index (κ2) is 9.22. The van der Waals surface area contributed by atoms with E-state index in [2.05, 4.69) is 26.6 Å². The zero-order chi connectivity index (χ0) is 23.9. The Bertz CT molecular complexity index is 1230. The number of hydrogen-bond donors (Lipinski definition) is 2. The minimum atomic E-state index is -1.97. The first-order valence-corrected chi connectivity index (χ1v) is 11.5. The highest BCUT2D eigenvalue weighted by Gasteiger charge is 2.69. The molecule has 0 spiro atoms. The summed E-state index contributed by atoms with van der Waals surface area (Å²) in [6, 6.07) is 14.2. The molecule has 0 saturated heterocycles. The van der Waals surface area contributed by atoms with E-state index in [0.717, 1.165) is 0 Å². The Hall–Kier alpha value is -2.19. The van der Waals surface area contributed by atoms with Crippen molar-refractivity contribution in [2.24, 2.45) is 5.92 Å². The van der Waals surface area contributed by atoms with Crippen LogP contribution in [0.5, 0.6) is 0 Å². The Morgan fingerprint density at radius 2 is 1.48 bits per heavy atom. The summed E-state index contributed by atoms with van der Waals surface area (Å²) in [6.45, 7) is 0. The predicted octanol–water partition coefficient (Wildman–Crippen LogP) is 7.45. The zero-order valence-corrected chi connectivity index (χ0v) is 20.4. The average Bonchev–Trinajstić information content (AvgIpc) is 3.32. The topological polar surface area (TPSA) is 58.2 Å². The third kappa shape index (κ3) is 5.17. The quantitative estimate of drug-likeness (QED) is 0.311. The van der Waals surface area contributed by atoms with Gasteiger partial charge in [-0.15, -0.1) is 0 Å². The molecule has 1 aliphatic rings. The molecule has 3 aromatic carbocycles. The molecule has 1 saturated carbocycles. The third-order valence-corrected chi connectivity index (χ3v) is 6.91. The van der Waals surface area contributed by atoms with Crippen LogP contribution in [-0.4, -0.2) is 16.4 Å².